The van der Waals surface area contributed by atoms with Crippen LogP contribution in [0.15, 0.2) is 47.2 Å². The molecule has 33 heavy (non-hydrogen) atoms. The van der Waals surface area contributed by atoms with Crippen molar-refractivity contribution in [1.29, 1.82) is 0 Å². The molecule has 0 aliphatic carbocycles. The minimum Gasteiger partial charge on any atom is -0.383 e. The number of anilines is 1. The molecule has 5 rings (SSSR count). The van der Waals surface area contributed by atoms with Crippen molar-refractivity contribution in [1.82, 2.24) is 29.6 Å². The smallest absolute Gasteiger partial charge is 0.166 e. The zero-order valence-corrected chi connectivity index (χ0v) is 19.1. The summed E-state index contributed by atoms with van der Waals surface area (Å²) >= 11 is 0. The van der Waals surface area contributed by atoms with Gasteiger partial charge < -0.3 is 19.1 Å². The van der Waals surface area contributed by atoms with Crippen LogP contribution >= 0.6 is 0 Å². The Balaban J connectivity index is 1.49. The van der Waals surface area contributed by atoms with Gasteiger partial charge in [0.1, 0.15) is 17.1 Å². The highest BCUT2D eigenvalue weighted by Gasteiger charge is 2.30. The first-order chi connectivity index (χ1) is 16.2. The van der Waals surface area contributed by atoms with E-state index in [4.69, 9.17) is 19.2 Å². The SMILES string of the molecule is COCCNc1nc(C2CCCN2Cc2cc(C)on2)nc2c1ncn2Cc1ccccc1. The Labute approximate surface area is 192 Å². The van der Waals surface area contributed by atoms with Gasteiger partial charge in [-0.2, -0.15) is 0 Å². The summed E-state index contributed by atoms with van der Waals surface area (Å²) in [5.74, 6) is 2.39. The lowest BCUT2D eigenvalue weighted by Crippen LogP contribution is -2.25. The van der Waals surface area contributed by atoms with Gasteiger partial charge >= 0.3 is 0 Å². The predicted octanol–water partition coefficient (Wildman–Crippen LogP) is 3.57. The van der Waals surface area contributed by atoms with E-state index in [-0.39, 0.29) is 6.04 Å². The molecule has 9 heteroatoms. The summed E-state index contributed by atoms with van der Waals surface area (Å²) in [6.07, 6.45) is 3.95. The van der Waals surface area contributed by atoms with Gasteiger partial charge in [-0.3, -0.25) is 4.90 Å². The Morgan fingerprint density at radius 3 is 2.85 bits per heavy atom. The minimum atomic E-state index is 0.120. The van der Waals surface area contributed by atoms with E-state index < -0.39 is 0 Å². The molecule has 0 radical (unpaired) electrons. The van der Waals surface area contributed by atoms with Gasteiger partial charge in [-0.15, -0.1) is 0 Å². The Kier molecular flexibility index (Phi) is 6.32. The van der Waals surface area contributed by atoms with Crippen molar-refractivity contribution >= 4 is 17.0 Å². The number of imidazole rings is 1. The molecule has 0 saturated carbocycles. The second-order valence-corrected chi connectivity index (χ2v) is 8.44. The molecule has 0 bridgehead atoms. The van der Waals surface area contributed by atoms with Gasteiger partial charge in [0.15, 0.2) is 11.5 Å². The van der Waals surface area contributed by atoms with Crippen molar-refractivity contribution in [2.75, 3.05) is 32.1 Å². The predicted molar refractivity (Wildman–Crippen MR) is 125 cm³/mol. The summed E-state index contributed by atoms with van der Waals surface area (Å²) in [6, 6.07) is 12.5. The van der Waals surface area contributed by atoms with E-state index in [2.05, 4.69) is 49.2 Å². The van der Waals surface area contributed by atoms with E-state index in [1.54, 1.807) is 7.11 Å². The van der Waals surface area contributed by atoms with E-state index >= 15 is 0 Å². The van der Waals surface area contributed by atoms with Crippen LogP contribution < -0.4 is 5.32 Å². The van der Waals surface area contributed by atoms with Crippen LogP contribution in [-0.4, -0.2) is 56.4 Å². The van der Waals surface area contributed by atoms with Crippen molar-refractivity contribution in [3.8, 4) is 0 Å². The summed E-state index contributed by atoms with van der Waals surface area (Å²) < 4.78 is 12.6. The quantitative estimate of drug-likeness (QED) is 0.389. The highest BCUT2D eigenvalue weighted by Crippen LogP contribution is 2.33. The normalized spacial score (nSPS) is 16.6. The summed E-state index contributed by atoms with van der Waals surface area (Å²) in [5.41, 5.74) is 3.76. The number of hydrogen-bond donors (Lipinski definition) is 1. The standard InChI is InChI=1S/C24H29N7O2/c1-17-13-19(29-33-17)15-30-11-6-9-20(30)22-27-23(25-10-12-32-2)21-24(28-22)31(16-26-21)14-18-7-4-3-5-8-18/h3-5,7-8,13,16,20H,6,9-12,14-15H2,1-2H3,(H,25,27,28). The van der Waals surface area contributed by atoms with Crippen LogP contribution in [-0.2, 0) is 17.8 Å². The molecule has 1 unspecified atom stereocenters. The van der Waals surface area contributed by atoms with Crippen LogP contribution in [0.25, 0.3) is 11.2 Å². The van der Waals surface area contributed by atoms with E-state index in [9.17, 15) is 0 Å². The lowest BCUT2D eigenvalue weighted by atomic mass is 10.2. The summed E-state index contributed by atoms with van der Waals surface area (Å²) in [7, 11) is 1.69. The zero-order valence-electron chi connectivity index (χ0n) is 19.1. The third kappa shape index (κ3) is 4.74. The number of rotatable bonds is 9. The van der Waals surface area contributed by atoms with Gasteiger partial charge in [0.2, 0.25) is 0 Å². The molecule has 3 aromatic heterocycles. The second-order valence-electron chi connectivity index (χ2n) is 8.44. The van der Waals surface area contributed by atoms with Gasteiger partial charge in [-0.05, 0) is 31.9 Å². The summed E-state index contributed by atoms with van der Waals surface area (Å²) in [6.45, 7) is 5.57. The second kappa shape index (κ2) is 9.68. The number of likely N-dealkylation sites (tertiary alicyclic amines) is 1. The lowest BCUT2D eigenvalue weighted by Gasteiger charge is -2.22. The number of methoxy groups -OCH3 is 1. The highest BCUT2D eigenvalue weighted by atomic mass is 16.5. The molecule has 0 spiro atoms. The maximum absolute atomic E-state index is 5.27. The Hall–Kier alpha value is -3.30. The number of benzene rings is 1. The molecule has 9 nitrogen and oxygen atoms in total. The van der Waals surface area contributed by atoms with Crippen molar-refractivity contribution in [2.24, 2.45) is 0 Å². The maximum Gasteiger partial charge on any atom is 0.166 e. The van der Waals surface area contributed by atoms with Gasteiger partial charge in [-0.25, -0.2) is 15.0 Å². The average Bonchev–Trinajstić information content (AvgIpc) is 3.56. The number of hydrogen-bond acceptors (Lipinski definition) is 8. The van der Waals surface area contributed by atoms with E-state index in [0.29, 0.717) is 19.7 Å². The number of nitrogens with one attached hydrogen (secondary N) is 1. The highest BCUT2D eigenvalue weighted by molar-refractivity contribution is 5.83. The lowest BCUT2D eigenvalue weighted by molar-refractivity contribution is 0.210. The first kappa shape index (κ1) is 21.5. The number of nitrogens with zero attached hydrogens (tertiary/aromatic N) is 6. The fraction of sp³-hybridized carbons (Fsp3) is 0.417. The van der Waals surface area contributed by atoms with Crippen LogP contribution in [0.4, 0.5) is 5.82 Å². The summed E-state index contributed by atoms with van der Waals surface area (Å²) in [5, 5.41) is 7.58. The van der Waals surface area contributed by atoms with Crippen LogP contribution in [0.2, 0.25) is 0 Å². The first-order valence-electron chi connectivity index (χ1n) is 11.4. The molecule has 1 aliphatic rings. The van der Waals surface area contributed by atoms with E-state index in [0.717, 1.165) is 60.2 Å². The van der Waals surface area contributed by atoms with Gasteiger partial charge in [0, 0.05) is 26.3 Å². The Bertz CT molecular complexity index is 1200. The minimum absolute atomic E-state index is 0.120. The van der Waals surface area contributed by atoms with Crippen molar-refractivity contribution in [3.63, 3.8) is 0 Å². The molecule has 172 valence electrons. The Morgan fingerprint density at radius 2 is 2.06 bits per heavy atom. The van der Waals surface area contributed by atoms with Gasteiger partial charge in [0.25, 0.3) is 0 Å². The first-order valence-corrected chi connectivity index (χ1v) is 11.4. The number of fused-ring (bicyclic) bond motifs is 1. The number of ether oxygens (including phenoxy) is 1. The largest absolute Gasteiger partial charge is 0.383 e. The number of aromatic nitrogens is 5. The molecule has 0 amide bonds. The zero-order chi connectivity index (χ0) is 22.6. The molecule has 1 aliphatic heterocycles. The molecular weight excluding hydrogens is 418 g/mol. The van der Waals surface area contributed by atoms with Crippen molar-refractivity contribution in [3.05, 3.63) is 65.6 Å². The maximum atomic E-state index is 5.27. The van der Waals surface area contributed by atoms with Crippen LogP contribution in [0.1, 0.15) is 41.7 Å². The van der Waals surface area contributed by atoms with E-state index in [1.165, 1.54) is 5.56 Å². The van der Waals surface area contributed by atoms with Crippen molar-refractivity contribution in [2.45, 2.75) is 38.9 Å². The molecule has 4 heterocycles. The summed E-state index contributed by atoms with van der Waals surface area (Å²) in [4.78, 5) is 17.0. The molecule has 1 fully saturated rings. The van der Waals surface area contributed by atoms with Crippen LogP contribution in [0.5, 0.6) is 0 Å². The number of aryl methyl sites for hydroxylation is 1. The average molecular weight is 448 g/mol. The fourth-order valence-corrected chi connectivity index (χ4v) is 4.41. The molecule has 4 aromatic rings. The van der Waals surface area contributed by atoms with Crippen molar-refractivity contribution < 1.29 is 9.26 Å². The van der Waals surface area contributed by atoms with E-state index in [1.807, 2.05) is 25.4 Å². The third-order valence-corrected chi connectivity index (χ3v) is 5.98. The van der Waals surface area contributed by atoms with Crippen LogP contribution in [0, 0.1) is 6.92 Å². The van der Waals surface area contributed by atoms with Crippen LogP contribution in [0.3, 0.4) is 0 Å². The topological polar surface area (TPSA) is 94.1 Å². The molecule has 1 N–H and O–H groups in total. The third-order valence-electron chi connectivity index (χ3n) is 5.98. The monoisotopic (exact) mass is 447 g/mol. The molecule has 1 atom stereocenters. The molecular formula is C24H29N7O2. The fourth-order valence-electron chi connectivity index (χ4n) is 4.41. The van der Waals surface area contributed by atoms with Gasteiger partial charge in [-0.1, -0.05) is 35.5 Å². The van der Waals surface area contributed by atoms with Gasteiger partial charge in [0.05, 0.1) is 31.2 Å². The Morgan fingerprint density at radius 1 is 1.18 bits per heavy atom. The molecule has 1 aromatic carbocycles. The molecule has 1 saturated heterocycles.